The minimum Gasteiger partial charge on any atom is -0.491 e. The van der Waals surface area contributed by atoms with Crippen LogP contribution in [0.25, 0.3) is 0 Å². The molecule has 0 saturated carbocycles. The molecule has 3 rings (SSSR count). The average Bonchev–Trinajstić information content (AvgIpc) is 2.72. The largest absolute Gasteiger partial charge is 0.491 e. The molecule has 4 heteroatoms. The number of para-hydroxylation sites is 2. The summed E-state index contributed by atoms with van der Waals surface area (Å²) in [5.74, 6) is 1.13. The topological polar surface area (TPSA) is 47.6 Å². The third kappa shape index (κ3) is 6.16. The van der Waals surface area contributed by atoms with Crippen LogP contribution in [0.4, 0.5) is 5.69 Å². The van der Waals surface area contributed by atoms with Crippen molar-refractivity contribution in [1.82, 2.24) is 0 Å². The zero-order valence-electron chi connectivity index (χ0n) is 16.1. The van der Waals surface area contributed by atoms with E-state index in [0.29, 0.717) is 23.8 Å². The summed E-state index contributed by atoms with van der Waals surface area (Å²) in [6.07, 6.45) is 1.86. The van der Waals surface area contributed by atoms with Crippen LogP contribution in [0, 0.1) is 6.92 Å². The highest BCUT2D eigenvalue weighted by atomic mass is 16.5. The molecule has 1 amide bonds. The highest BCUT2D eigenvalue weighted by molar-refractivity contribution is 5.93. The Morgan fingerprint density at radius 2 is 1.68 bits per heavy atom. The molecular weight excluding hydrogens is 350 g/mol. The molecular formula is C24H25NO3. The fourth-order valence-electron chi connectivity index (χ4n) is 2.84. The maximum absolute atomic E-state index is 12.2. The van der Waals surface area contributed by atoms with Gasteiger partial charge in [-0.1, -0.05) is 54.6 Å². The summed E-state index contributed by atoms with van der Waals surface area (Å²) in [5, 5.41) is 2.87. The molecule has 4 nitrogen and oxygen atoms in total. The third-order valence-electron chi connectivity index (χ3n) is 4.23. The van der Waals surface area contributed by atoms with Gasteiger partial charge in [-0.2, -0.15) is 0 Å². The van der Waals surface area contributed by atoms with E-state index in [1.165, 1.54) is 5.56 Å². The molecule has 0 unspecified atom stereocenters. The molecule has 28 heavy (non-hydrogen) atoms. The quantitative estimate of drug-likeness (QED) is 0.534. The molecule has 0 saturated heterocycles. The van der Waals surface area contributed by atoms with Crippen LogP contribution in [0.5, 0.6) is 11.5 Å². The van der Waals surface area contributed by atoms with Gasteiger partial charge in [-0.25, -0.2) is 0 Å². The molecule has 0 aliphatic carbocycles. The van der Waals surface area contributed by atoms with Gasteiger partial charge in [-0.15, -0.1) is 0 Å². The molecule has 0 spiro atoms. The van der Waals surface area contributed by atoms with Crippen molar-refractivity contribution < 1.29 is 14.3 Å². The van der Waals surface area contributed by atoms with Gasteiger partial charge in [0.1, 0.15) is 11.5 Å². The number of carbonyl (C=O) groups is 1. The first-order valence-electron chi connectivity index (χ1n) is 9.46. The van der Waals surface area contributed by atoms with Crippen molar-refractivity contribution in [3.8, 4) is 11.5 Å². The van der Waals surface area contributed by atoms with Crippen LogP contribution >= 0.6 is 0 Å². The maximum atomic E-state index is 12.2. The van der Waals surface area contributed by atoms with E-state index in [2.05, 4.69) is 17.4 Å². The average molecular weight is 375 g/mol. The van der Waals surface area contributed by atoms with Crippen LogP contribution in [0.2, 0.25) is 0 Å². The Labute approximate surface area is 166 Å². The predicted octanol–water partition coefficient (Wildman–Crippen LogP) is 5.02. The minimum absolute atomic E-state index is 0.0498. The first-order valence-corrected chi connectivity index (χ1v) is 9.46. The Morgan fingerprint density at radius 3 is 2.50 bits per heavy atom. The summed E-state index contributed by atoms with van der Waals surface area (Å²) in [7, 11) is 0. The van der Waals surface area contributed by atoms with Crippen molar-refractivity contribution in [1.29, 1.82) is 0 Å². The lowest BCUT2D eigenvalue weighted by Gasteiger charge is -2.13. The first-order chi connectivity index (χ1) is 13.7. The Balaban J connectivity index is 1.48. The van der Waals surface area contributed by atoms with E-state index in [0.717, 1.165) is 18.4 Å². The van der Waals surface area contributed by atoms with Gasteiger partial charge in [0.05, 0.1) is 12.3 Å². The zero-order chi connectivity index (χ0) is 19.6. The number of rotatable bonds is 9. The molecule has 0 radical (unpaired) electrons. The number of benzene rings is 3. The van der Waals surface area contributed by atoms with Crippen molar-refractivity contribution in [3.63, 3.8) is 0 Å². The number of anilines is 1. The van der Waals surface area contributed by atoms with Crippen molar-refractivity contribution in [2.75, 3.05) is 18.5 Å². The Hall–Kier alpha value is -3.27. The highest BCUT2D eigenvalue weighted by Gasteiger charge is 2.08. The molecule has 0 aromatic heterocycles. The highest BCUT2D eigenvalue weighted by Crippen LogP contribution is 2.24. The van der Waals surface area contributed by atoms with E-state index in [-0.39, 0.29) is 12.5 Å². The van der Waals surface area contributed by atoms with Crippen LogP contribution in [0.1, 0.15) is 17.5 Å². The number of ether oxygens (including phenoxy) is 2. The molecule has 0 atom stereocenters. The number of carbonyl (C=O) groups excluding carboxylic acids is 1. The Morgan fingerprint density at radius 1 is 0.893 bits per heavy atom. The van der Waals surface area contributed by atoms with E-state index in [1.807, 2.05) is 73.7 Å². The second-order valence-electron chi connectivity index (χ2n) is 6.59. The molecule has 144 valence electrons. The van der Waals surface area contributed by atoms with Gasteiger partial charge in [0.15, 0.2) is 6.61 Å². The van der Waals surface area contributed by atoms with E-state index >= 15 is 0 Å². The van der Waals surface area contributed by atoms with Crippen LogP contribution in [0.15, 0.2) is 78.9 Å². The van der Waals surface area contributed by atoms with Gasteiger partial charge in [0.25, 0.3) is 5.91 Å². The summed E-state index contributed by atoms with van der Waals surface area (Å²) in [5.41, 5.74) is 3.04. The van der Waals surface area contributed by atoms with Gasteiger partial charge >= 0.3 is 0 Å². The van der Waals surface area contributed by atoms with E-state index in [9.17, 15) is 4.79 Å². The molecule has 0 bridgehead atoms. The SMILES string of the molecule is Cc1cccc(OCC(=O)Nc2ccccc2OCCCc2ccccc2)c1. The molecule has 3 aromatic carbocycles. The fraction of sp³-hybridized carbons (Fsp3) is 0.208. The zero-order valence-corrected chi connectivity index (χ0v) is 16.1. The van der Waals surface area contributed by atoms with Gasteiger partial charge in [0, 0.05) is 0 Å². The normalized spacial score (nSPS) is 10.3. The smallest absolute Gasteiger partial charge is 0.262 e. The van der Waals surface area contributed by atoms with E-state index in [1.54, 1.807) is 0 Å². The Kier molecular flexibility index (Phi) is 7.08. The summed E-state index contributed by atoms with van der Waals surface area (Å²) in [6, 6.07) is 25.4. The van der Waals surface area contributed by atoms with Crippen molar-refractivity contribution >= 4 is 11.6 Å². The molecule has 0 aliphatic rings. The van der Waals surface area contributed by atoms with Gasteiger partial charge < -0.3 is 14.8 Å². The molecule has 0 fully saturated rings. The third-order valence-corrected chi connectivity index (χ3v) is 4.23. The van der Waals surface area contributed by atoms with Crippen LogP contribution < -0.4 is 14.8 Å². The fourth-order valence-corrected chi connectivity index (χ4v) is 2.84. The van der Waals surface area contributed by atoms with Crippen LogP contribution in [-0.2, 0) is 11.2 Å². The maximum Gasteiger partial charge on any atom is 0.262 e. The standard InChI is InChI=1S/C24H25NO3/c1-19-9-7-13-21(17-19)28-18-24(26)25-22-14-5-6-15-23(22)27-16-8-12-20-10-3-2-4-11-20/h2-7,9-11,13-15,17H,8,12,16,18H2,1H3,(H,25,26). The molecule has 0 aliphatic heterocycles. The summed E-state index contributed by atoms with van der Waals surface area (Å²) < 4.78 is 11.4. The summed E-state index contributed by atoms with van der Waals surface area (Å²) in [4.78, 5) is 12.2. The predicted molar refractivity (Wildman–Crippen MR) is 112 cm³/mol. The molecule has 1 N–H and O–H groups in total. The first kappa shape index (κ1) is 19.5. The van der Waals surface area contributed by atoms with E-state index < -0.39 is 0 Å². The number of nitrogens with one attached hydrogen (secondary N) is 1. The van der Waals surface area contributed by atoms with Crippen molar-refractivity contribution in [3.05, 3.63) is 90.0 Å². The van der Waals surface area contributed by atoms with Crippen molar-refractivity contribution in [2.24, 2.45) is 0 Å². The van der Waals surface area contributed by atoms with Crippen molar-refractivity contribution in [2.45, 2.75) is 19.8 Å². The minimum atomic E-state index is -0.221. The molecule has 0 heterocycles. The monoisotopic (exact) mass is 375 g/mol. The lowest BCUT2D eigenvalue weighted by molar-refractivity contribution is -0.118. The number of hydrogen-bond donors (Lipinski definition) is 1. The summed E-state index contributed by atoms with van der Waals surface area (Å²) in [6.45, 7) is 2.52. The van der Waals surface area contributed by atoms with Crippen LogP contribution in [0.3, 0.4) is 0 Å². The molecule has 3 aromatic rings. The number of amides is 1. The van der Waals surface area contributed by atoms with Gasteiger partial charge in [-0.3, -0.25) is 4.79 Å². The lowest BCUT2D eigenvalue weighted by atomic mass is 10.1. The summed E-state index contributed by atoms with van der Waals surface area (Å²) >= 11 is 0. The second kappa shape index (κ2) is 10.2. The number of aryl methyl sites for hydroxylation is 2. The van der Waals surface area contributed by atoms with E-state index in [4.69, 9.17) is 9.47 Å². The van der Waals surface area contributed by atoms with Gasteiger partial charge in [-0.05, 0) is 55.2 Å². The van der Waals surface area contributed by atoms with Gasteiger partial charge in [0.2, 0.25) is 0 Å². The second-order valence-corrected chi connectivity index (χ2v) is 6.59. The number of hydrogen-bond acceptors (Lipinski definition) is 3. The lowest BCUT2D eigenvalue weighted by Crippen LogP contribution is -2.20. The Bertz CT molecular complexity index is 893. The van der Waals surface area contributed by atoms with Crippen LogP contribution in [-0.4, -0.2) is 19.1 Å².